The molecular formula is C19H24N2O3. The molecule has 1 aliphatic heterocycles. The van der Waals surface area contributed by atoms with Crippen LogP contribution in [0.5, 0.6) is 0 Å². The van der Waals surface area contributed by atoms with E-state index in [1.165, 1.54) is 0 Å². The van der Waals surface area contributed by atoms with Crippen LogP contribution in [0.3, 0.4) is 0 Å². The van der Waals surface area contributed by atoms with Crippen molar-refractivity contribution in [3.05, 3.63) is 35.5 Å². The molecule has 0 saturated carbocycles. The molecule has 0 amide bonds. The fourth-order valence-electron chi connectivity index (χ4n) is 4.50. The molecule has 1 fully saturated rings. The third-order valence-electron chi connectivity index (χ3n) is 5.86. The van der Waals surface area contributed by atoms with E-state index in [2.05, 4.69) is 16.0 Å². The number of β-amino-alcohol motifs (C(OH)–C–C–N with tert-alkyl or cyclic N) is 1. The predicted octanol–water partition coefficient (Wildman–Crippen LogP) is 2.51. The van der Waals surface area contributed by atoms with Crippen LogP contribution < -0.4 is 0 Å². The number of nitrogens with one attached hydrogen (secondary N) is 1. The number of hydrogen-bond acceptors (Lipinski definition) is 4. The summed E-state index contributed by atoms with van der Waals surface area (Å²) >= 11 is 0. The highest BCUT2D eigenvalue weighted by molar-refractivity contribution is 6.05. The zero-order valence-corrected chi connectivity index (χ0v) is 14.2. The van der Waals surface area contributed by atoms with Crippen LogP contribution >= 0.6 is 0 Å². The quantitative estimate of drug-likeness (QED) is 0.905. The van der Waals surface area contributed by atoms with Gasteiger partial charge in [-0.2, -0.15) is 0 Å². The Hall–Kier alpha value is -1.69. The Balaban J connectivity index is 1.87. The summed E-state index contributed by atoms with van der Waals surface area (Å²) in [4.78, 5) is 18.7. The largest absolute Gasteiger partial charge is 0.388 e. The lowest BCUT2D eigenvalue weighted by atomic mass is 9.68. The predicted molar refractivity (Wildman–Crippen MR) is 92.2 cm³/mol. The summed E-state index contributed by atoms with van der Waals surface area (Å²) in [6, 6.07) is 8.23. The number of fused-ring (bicyclic) bond motifs is 6. The lowest BCUT2D eigenvalue weighted by molar-refractivity contribution is -0.0935. The third-order valence-corrected chi connectivity index (χ3v) is 5.86. The zero-order valence-electron chi connectivity index (χ0n) is 14.2. The van der Waals surface area contributed by atoms with Crippen LogP contribution in [-0.4, -0.2) is 53.2 Å². The number of ketones is 1. The number of aliphatic hydroxyl groups is 1. The number of carbonyl (C=O) groups excluding carboxylic acids is 1. The molecule has 1 aromatic heterocycles. The van der Waals surface area contributed by atoms with Gasteiger partial charge in [-0.05, 0) is 18.9 Å². The molecule has 1 aliphatic carbocycles. The number of H-pyrrole nitrogens is 1. The van der Waals surface area contributed by atoms with E-state index in [0.717, 1.165) is 23.0 Å². The number of aromatic amines is 1. The second-order valence-corrected chi connectivity index (χ2v) is 7.05. The molecule has 4 rings (SSSR count). The number of benzene rings is 1. The lowest BCUT2D eigenvalue weighted by Crippen LogP contribution is -2.59. The summed E-state index contributed by atoms with van der Waals surface area (Å²) < 4.78 is 5.26. The molecule has 128 valence electrons. The van der Waals surface area contributed by atoms with Gasteiger partial charge < -0.3 is 14.8 Å². The summed E-state index contributed by atoms with van der Waals surface area (Å²) in [5.74, 6) is -0.264. The van der Waals surface area contributed by atoms with Crippen molar-refractivity contribution in [2.45, 2.75) is 31.4 Å². The minimum absolute atomic E-state index is 0.0631. The summed E-state index contributed by atoms with van der Waals surface area (Å²) in [5, 5.41) is 12.2. The van der Waals surface area contributed by atoms with Gasteiger partial charge in [0.2, 0.25) is 0 Å². The summed E-state index contributed by atoms with van der Waals surface area (Å²) in [7, 11) is 1.69. The van der Waals surface area contributed by atoms with Gasteiger partial charge in [-0.1, -0.05) is 25.1 Å². The molecule has 5 nitrogen and oxygen atoms in total. The minimum atomic E-state index is -0.962. The van der Waals surface area contributed by atoms with Crippen molar-refractivity contribution in [3.63, 3.8) is 0 Å². The number of ether oxygens (including phenoxy) is 1. The average Bonchev–Trinajstić information content (AvgIpc) is 2.99. The molecule has 1 saturated heterocycles. The maximum Gasteiger partial charge on any atom is 0.185 e. The molecular weight excluding hydrogens is 304 g/mol. The van der Waals surface area contributed by atoms with Crippen LogP contribution in [0.4, 0.5) is 0 Å². The van der Waals surface area contributed by atoms with E-state index < -0.39 is 5.60 Å². The Morgan fingerprint density at radius 3 is 2.96 bits per heavy atom. The van der Waals surface area contributed by atoms with E-state index in [9.17, 15) is 9.90 Å². The van der Waals surface area contributed by atoms with Gasteiger partial charge in [0.05, 0.1) is 23.8 Å². The fraction of sp³-hybridized carbons (Fsp3) is 0.526. The molecule has 2 N–H and O–H groups in total. The molecule has 1 aromatic carbocycles. The van der Waals surface area contributed by atoms with Crippen LogP contribution in [0.25, 0.3) is 10.9 Å². The summed E-state index contributed by atoms with van der Waals surface area (Å²) in [6.45, 7) is 3.85. The van der Waals surface area contributed by atoms with Crippen LogP contribution in [0.1, 0.15) is 41.9 Å². The third kappa shape index (κ3) is 2.15. The Labute approximate surface area is 141 Å². The average molecular weight is 328 g/mol. The molecule has 5 heteroatoms. The molecule has 3 atom stereocenters. The maximum absolute atomic E-state index is 13.1. The first-order valence-corrected chi connectivity index (χ1v) is 8.69. The molecule has 0 spiro atoms. The van der Waals surface area contributed by atoms with E-state index in [0.29, 0.717) is 31.7 Å². The van der Waals surface area contributed by atoms with Crippen molar-refractivity contribution in [1.29, 1.82) is 0 Å². The second kappa shape index (κ2) is 5.69. The van der Waals surface area contributed by atoms with Crippen molar-refractivity contribution in [1.82, 2.24) is 9.88 Å². The topological polar surface area (TPSA) is 65.6 Å². The number of carbonyl (C=O) groups is 1. The highest BCUT2D eigenvalue weighted by atomic mass is 16.5. The number of piperidine rings is 1. The number of Topliss-reactive ketones (excluding diaryl/α,β-unsaturated/α-hetero) is 1. The standard InChI is InChI=1S/C19H24N2O3/c1-3-19(23)11-21(8-9-24-2)15-10-13(19)18(22)17-16(15)12-6-4-5-7-14(12)20-17/h4-7,13,15,20,23H,3,8-11H2,1-2H3/t13-,15+,19?/m1/s1. The van der Waals surface area contributed by atoms with E-state index in [1.807, 2.05) is 25.1 Å². The van der Waals surface area contributed by atoms with E-state index >= 15 is 0 Å². The van der Waals surface area contributed by atoms with Crippen LogP contribution in [0.15, 0.2) is 24.3 Å². The van der Waals surface area contributed by atoms with Gasteiger partial charge in [-0.3, -0.25) is 9.69 Å². The molecule has 2 aliphatic rings. The Kier molecular flexibility index (Phi) is 3.75. The van der Waals surface area contributed by atoms with Crippen molar-refractivity contribution < 1.29 is 14.6 Å². The van der Waals surface area contributed by atoms with Crippen molar-refractivity contribution in [2.24, 2.45) is 5.92 Å². The first-order chi connectivity index (χ1) is 11.6. The Morgan fingerprint density at radius 2 is 2.21 bits per heavy atom. The minimum Gasteiger partial charge on any atom is -0.388 e. The monoisotopic (exact) mass is 328 g/mol. The van der Waals surface area contributed by atoms with Gasteiger partial charge in [0.15, 0.2) is 5.78 Å². The van der Waals surface area contributed by atoms with Gasteiger partial charge >= 0.3 is 0 Å². The van der Waals surface area contributed by atoms with E-state index in [4.69, 9.17) is 4.74 Å². The maximum atomic E-state index is 13.1. The first kappa shape index (κ1) is 15.8. The SMILES string of the molecule is CCC1(O)CN(CCOC)[C@H]2C[C@@H]1C(=O)c1[nH]c3ccccc3c12. The number of rotatable bonds is 4. The second-order valence-electron chi connectivity index (χ2n) is 7.05. The van der Waals surface area contributed by atoms with E-state index in [-0.39, 0.29) is 17.7 Å². The van der Waals surface area contributed by atoms with Crippen molar-refractivity contribution in [2.75, 3.05) is 26.8 Å². The molecule has 2 heterocycles. The van der Waals surface area contributed by atoms with Crippen molar-refractivity contribution in [3.8, 4) is 0 Å². The molecule has 0 radical (unpaired) electrons. The van der Waals surface area contributed by atoms with Gasteiger partial charge in [-0.15, -0.1) is 0 Å². The van der Waals surface area contributed by atoms with Crippen molar-refractivity contribution >= 4 is 16.7 Å². The number of para-hydroxylation sites is 1. The molecule has 1 unspecified atom stereocenters. The number of aromatic nitrogens is 1. The van der Waals surface area contributed by atoms with Gasteiger partial charge in [0, 0.05) is 42.7 Å². The van der Waals surface area contributed by atoms with Gasteiger partial charge in [0.1, 0.15) is 0 Å². The van der Waals surface area contributed by atoms with Crippen LogP contribution in [0, 0.1) is 5.92 Å². The van der Waals surface area contributed by atoms with E-state index in [1.54, 1.807) is 7.11 Å². The summed E-state index contributed by atoms with van der Waals surface area (Å²) in [5.41, 5.74) is 1.82. The molecule has 2 bridgehead atoms. The molecule has 24 heavy (non-hydrogen) atoms. The van der Waals surface area contributed by atoms with Crippen LogP contribution in [-0.2, 0) is 4.74 Å². The fourth-order valence-corrected chi connectivity index (χ4v) is 4.50. The van der Waals surface area contributed by atoms with Crippen LogP contribution in [0.2, 0.25) is 0 Å². The smallest absolute Gasteiger partial charge is 0.185 e. The van der Waals surface area contributed by atoms with Gasteiger partial charge in [0.25, 0.3) is 0 Å². The number of hydrogen-bond donors (Lipinski definition) is 2. The number of likely N-dealkylation sites (tertiary alicyclic amines) is 1. The van der Waals surface area contributed by atoms with Gasteiger partial charge in [-0.25, -0.2) is 0 Å². The number of nitrogens with zero attached hydrogens (tertiary/aromatic N) is 1. The lowest BCUT2D eigenvalue weighted by Gasteiger charge is -2.50. The highest BCUT2D eigenvalue weighted by Crippen LogP contribution is 2.49. The first-order valence-electron chi connectivity index (χ1n) is 8.69. The summed E-state index contributed by atoms with van der Waals surface area (Å²) in [6.07, 6.45) is 1.26. The Bertz CT molecular complexity index is 784. The molecule has 2 aromatic rings. The Morgan fingerprint density at radius 1 is 1.42 bits per heavy atom. The normalized spacial score (nSPS) is 29.9. The zero-order chi connectivity index (χ0) is 16.9. The highest BCUT2D eigenvalue weighted by Gasteiger charge is 2.53. The number of methoxy groups -OCH3 is 1.